The molecular weight excluding hydrogens is 273 g/mol. The Morgan fingerprint density at radius 1 is 1.19 bits per heavy atom. The minimum atomic E-state index is -0.312. The molecule has 1 aromatic heterocycles. The molecule has 2 fully saturated rings. The first-order valence-corrected chi connectivity index (χ1v) is 7.10. The fraction of sp³-hybridized carbons (Fsp3) is 0.400. The van der Waals surface area contributed by atoms with Crippen molar-refractivity contribution < 1.29 is 13.7 Å². The first-order valence-electron chi connectivity index (χ1n) is 7.10. The maximum Gasteiger partial charge on any atom is 0.232 e. The molecule has 1 amide bonds. The van der Waals surface area contributed by atoms with Gasteiger partial charge in [-0.3, -0.25) is 4.79 Å². The van der Waals surface area contributed by atoms with E-state index in [0.29, 0.717) is 30.5 Å². The second-order valence-electron chi connectivity index (χ2n) is 5.65. The van der Waals surface area contributed by atoms with E-state index in [0.717, 1.165) is 18.7 Å². The third-order valence-electron chi connectivity index (χ3n) is 4.01. The second kappa shape index (κ2) is 4.65. The molecule has 1 saturated carbocycles. The summed E-state index contributed by atoms with van der Waals surface area (Å²) in [5.74, 6) is 1.34. The minimum Gasteiger partial charge on any atom is -0.339 e. The lowest BCUT2D eigenvalue weighted by Gasteiger charge is -2.15. The lowest BCUT2D eigenvalue weighted by atomic mass is 10.1. The van der Waals surface area contributed by atoms with Crippen LogP contribution in [0.25, 0.3) is 0 Å². The van der Waals surface area contributed by atoms with Gasteiger partial charge in [0.15, 0.2) is 5.82 Å². The van der Waals surface area contributed by atoms with Crippen LogP contribution < -0.4 is 4.90 Å². The Kier molecular flexibility index (Phi) is 2.77. The largest absolute Gasteiger partial charge is 0.339 e. The molecule has 1 aliphatic heterocycles. The van der Waals surface area contributed by atoms with E-state index in [4.69, 9.17) is 4.52 Å². The summed E-state index contributed by atoms with van der Waals surface area (Å²) >= 11 is 0. The van der Waals surface area contributed by atoms with Gasteiger partial charge in [0.25, 0.3) is 0 Å². The zero-order valence-corrected chi connectivity index (χ0v) is 11.3. The topological polar surface area (TPSA) is 59.2 Å². The maximum atomic E-state index is 13.0. The first kappa shape index (κ1) is 12.5. The molecule has 1 aromatic carbocycles. The normalized spacial score (nSPS) is 22.0. The first-order chi connectivity index (χ1) is 10.2. The van der Waals surface area contributed by atoms with Crippen molar-refractivity contribution in [2.75, 3.05) is 11.4 Å². The van der Waals surface area contributed by atoms with Crippen molar-refractivity contribution in [2.45, 2.75) is 31.1 Å². The van der Waals surface area contributed by atoms with E-state index in [1.807, 2.05) is 0 Å². The number of carbonyl (C=O) groups is 1. The zero-order chi connectivity index (χ0) is 14.4. The highest BCUT2D eigenvalue weighted by atomic mass is 19.1. The third-order valence-corrected chi connectivity index (χ3v) is 4.01. The van der Waals surface area contributed by atoms with Crippen LogP contribution in [0.2, 0.25) is 0 Å². The van der Waals surface area contributed by atoms with Gasteiger partial charge < -0.3 is 9.42 Å². The van der Waals surface area contributed by atoms with Gasteiger partial charge in [-0.15, -0.1) is 0 Å². The molecule has 0 radical (unpaired) electrons. The fourth-order valence-corrected chi connectivity index (χ4v) is 2.66. The summed E-state index contributed by atoms with van der Waals surface area (Å²) in [5, 5.41) is 3.99. The van der Waals surface area contributed by atoms with Crippen LogP contribution >= 0.6 is 0 Å². The summed E-state index contributed by atoms with van der Waals surface area (Å²) in [6, 6.07) is 5.93. The van der Waals surface area contributed by atoms with Crippen molar-refractivity contribution >= 4 is 11.6 Å². The molecule has 2 aromatic rings. The van der Waals surface area contributed by atoms with E-state index in [2.05, 4.69) is 10.1 Å². The predicted molar refractivity (Wildman–Crippen MR) is 72.4 cm³/mol. The Morgan fingerprint density at radius 2 is 1.95 bits per heavy atom. The summed E-state index contributed by atoms with van der Waals surface area (Å²) in [6.45, 7) is 0.497. The van der Waals surface area contributed by atoms with Gasteiger partial charge in [-0.2, -0.15) is 4.98 Å². The van der Waals surface area contributed by atoms with Crippen LogP contribution in [-0.4, -0.2) is 22.6 Å². The molecule has 5 nitrogen and oxygen atoms in total. The van der Waals surface area contributed by atoms with E-state index >= 15 is 0 Å². The van der Waals surface area contributed by atoms with E-state index in [1.165, 1.54) is 12.1 Å². The van der Waals surface area contributed by atoms with Crippen LogP contribution in [0.5, 0.6) is 0 Å². The van der Waals surface area contributed by atoms with Crippen molar-refractivity contribution in [1.29, 1.82) is 0 Å². The number of hydrogen-bond donors (Lipinski definition) is 0. The van der Waals surface area contributed by atoms with Crippen molar-refractivity contribution in [1.82, 2.24) is 10.1 Å². The predicted octanol–water partition coefficient (Wildman–Crippen LogP) is 2.61. The summed E-state index contributed by atoms with van der Waals surface area (Å²) in [5.41, 5.74) is 0.700. The van der Waals surface area contributed by atoms with Crippen LogP contribution in [0.1, 0.15) is 42.8 Å². The zero-order valence-electron chi connectivity index (χ0n) is 11.3. The quantitative estimate of drug-likeness (QED) is 0.870. The van der Waals surface area contributed by atoms with E-state index < -0.39 is 0 Å². The molecule has 108 valence electrons. The number of anilines is 1. The van der Waals surface area contributed by atoms with Crippen LogP contribution in [-0.2, 0) is 4.79 Å². The SMILES string of the molecule is O=C1C[C@H](c2nc(C3CC3)no2)CN1c1ccc(F)cc1. The van der Waals surface area contributed by atoms with Gasteiger partial charge in [0, 0.05) is 24.6 Å². The fourth-order valence-electron chi connectivity index (χ4n) is 2.66. The molecule has 1 atom stereocenters. The maximum absolute atomic E-state index is 13.0. The molecule has 21 heavy (non-hydrogen) atoms. The molecular formula is C15H14FN3O2. The Bertz CT molecular complexity index is 678. The Balaban J connectivity index is 1.53. The summed E-state index contributed by atoms with van der Waals surface area (Å²) in [7, 11) is 0. The van der Waals surface area contributed by atoms with Gasteiger partial charge in [-0.05, 0) is 37.1 Å². The Hall–Kier alpha value is -2.24. The number of rotatable bonds is 3. The monoisotopic (exact) mass is 287 g/mol. The highest BCUT2D eigenvalue weighted by Crippen LogP contribution is 2.39. The summed E-state index contributed by atoms with van der Waals surface area (Å²) < 4.78 is 18.3. The van der Waals surface area contributed by atoms with Gasteiger partial charge in [-0.25, -0.2) is 4.39 Å². The van der Waals surface area contributed by atoms with Gasteiger partial charge in [0.1, 0.15) is 5.82 Å². The smallest absolute Gasteiger partial charge is 0.232 e. The number of halogens is 1. The highest BCUT2D eigenvalue weighted by Gasteiger charge is 2.36. The van der Waals surface area contributed by atoms with Crippen molar-refractivity contribution in [3.63, 3.8) is 0 Å². The van der Waals surface area contributed by atoms with Gasteiger partial charge in [0.2, 0.25) is 11.8 Å². The average molecular weight is 287 g/mol. The molecule has 0 bridgehead atoms. The number of amides is 1. The van der Waals surface area contributed by atoms with E-state index in [1.54, 1.807) is 17.0 Å². The molecule has 0 unspecified atom stereocenters. The highest BCUT2D eigenvalue weighted by molar-refractivity contribution is 5.96. The molecule has 1 aliphatic carbocycles. The number of aromatic nitrogens is 2. The average Bonchev–Trinajstić information content (AvgIpc) is 3.08. The molecule has 0 spiro atoms. The third kappa shape index (κ3) is 2.30. The second-order valence-corrected chi connectivity index (χ2v) is 5.65. The van der Waals surface area contributed by atoms with Crippen molar-refractivity contribution in [3.05, 3.63) is 41.8 Å². The van der Waals surface area contributed by atoms with Crippen molar-refractivity contribution in [2.24, 2.45) is 0 Å². The lowest BCUT2D eigenvalue weighted by molar-refractivity contribution is -0.117. The lowest BCUT2D eigenvalue weighted by Crippen LogP contribution is -2.24. The summed E-state index contributed by atoms with van der Waals surface area (Å²) in [4.78, 5) is 18.2. The number of carbonyl (C=O) groups excluding carboxylic acids is 1. The van der Waals surface area contributed by atoms with Crippen LogP contribution in [0.15, 0.2) is 28.8 Å². The molecule has 4 rings (SSSR count). The molecule has 2 aliphatic rings. The number of nitrogens with zero attached hydrogens (tertiary/aromatic N) is 3. The summed E-state index contributed by atoms with van der Waals surface area (Å²) in [6.07, 6.45) is 2.58. The Morgan fingerprint density at radius 3 is 2.67 bits per heavy atom. The molecule has 0 N–H and O–H groups in total. The van der Waals surface area contributed by atoms with Crippen LogP contribution in [0, 0.1) is 5.82 Å². The Labute approximate surface area is 120 Å². The van der Waals surface area contributed by atoms with E-state index in [9.17, 15) is 9.18 Å². The van der Waals surface area contributed by atoms with Crippen LogP contribution in [0.4, 0.5) is 10.1 Å². The van der Waals surface area contributed by atoms with Gasteiger partial charge in [-0.1, -0.05) is 5.16 Å². The molecule has 6 heteroatoms. The van der Waals surface area contributed by atoms with Crippen molar-refractivity contribution in [3.8, 4) is 0 Å². The molecule has 1 saturated heterocycles. The van der Waals surface area contributed by atoms with E-state index in [-0.39, 0.29) is 17.6 Å². The van der Waals surface area contributed by atoms with Crippen LogP contribution in [0.3, 0.4) is 0 Å². The number of benzene rings is 1. The molecule has 2 heterocycles. The number of hydrogen-bond acceptors (Lipinski definition) is 4. The standard InChI is InChI=1S/C15H14FN3O2/c16-11-3-5-12(6-4-11)19-8-10(7-13(19)20)15-17-14(18-21-15)9-1-2-9/h3-6,9-10H,1-2,7-8H2/t10-/m0/s1. The van der Waals surface area contributed by atoms with Gasteiger partial charge >= 0.3 is 0 Å². The minimum absolute atomic E-state index is 0.00206. The van der Waals surface area contributed by atoms with Gasteiger partial charge in [0.05, 0.1) is 5.92 Å².